The van der Waals surface area contributed by atoms with E-state index in [1.54, 1.807) is 42.3 Å². The highest BCUT2D eigenvalue weighted by atomic mass is 32.2. The fraction of sp³-hybridized carbons (Fsp3) is 0.435. The molecule has 1 fully saturated rings. The van der Waals surface area contributed by atoms with Gasteiger partial charge in [-0.1, -0.05) is 32.9 Å². The standard InChI is InChI=1S/C23H30N2O5S/c1-23(2,3)17-6-9-19(10-7-17)31(27,28)25-14-12-24(13-15-25)22(26)20-11-8-18(29-4)16-21(20)30-5/h6-11,16H,12-15H2,1-5H3. The van der Waals surface area contributed by atoms with Crippen LogP contribution in [0.15, 0.2) is 47.4 Å². The monoisotopic (exact) mass is 446 g/mol. The summed E-state index contributed by atoms with van der Waals surface area (Å²) in [6.07, 6.45) is 0. The van der Waals surface area contributed by atoms with Gasteiger partial charge in [0, 0.05) is 32.2 Å². The maximum Gasteiger partial charge on any atom is 0.257 e. The Morgan fingerprint density at radius 3 is 2.03 bits per heavy atom. The minimum Gasteiger partial charge on any atom is -0.497 e. The molecule has 0 atom stereocenters. The Bertz CT molecular complexity index is 1030. The van der Waals surface area contributed by atoms with Gasteiger partial charge >= 0.3 is 0 Å². The van der Waals surface area contributed by atoms with Crippen molar-refractivity contribution in [1.82, 2.24) is 9.21 Å². The highest BCUT2D eigenvalue weighted by Gasteiger charge is 2.31. The first-order valence-electron chi connectivity index (χ1n) is 10.2. The van der Waals surface area contributed by atoms with E-state index in [4.69, 9.17) is 9.47 Å². The molecule has 0 bridgehead atoms. The summed E-state index contributed by atoms with van der Waals surface area (Å²) < 4.78 is 38.1. The lowest BCUT2D eigenvalue weighted by molar-refractivity contribution is 0.0694. The van der Waals surface area contributed by atoms with Crippen molar-refractivity contribution in [1.29, 1.82) is 0 Å². The highest BCUT2D eigenvalue weighted by molar-refractivity contribution is 7.89. The van der Waals surface area contributed by atoms with Crippen LogP contribution >= 0.6 is 0 Å². The van der Waals surface area contributed by atoms with Crippen LogP contribution in [0, 0.1) is 0 Å². The van der Waals surface area contributed by atoms with Crippen molar-refractivity contribution in [2.24, 2.45) is 0 Å². The summed E-state index contributed by atoms with van der Waals surface area (Å²) in [5, 5.41) is 0. The summed E-state index contributed by atoms with van der Waals surface area (Å²) in [6, 6.07) is 12.1. The quantitative estimate of drug-likeness (QED) is 0.705. The molecule has 8 heteroatoms. The minimum atomic E-state index is -3.61. The number of carbonyl (C=O) groups is 1. The number of benzene rings is 2. The van der Waals surface area contributed by atoms with E-state index in [0.717, 1.165) is 5.56 Å². The van der Waals surface area contributed by atoms with Gasteiger partial charge < -0.3 is 14.4 Å². The smallest absolute Gasteiger partial charge is 0.257 e. The van der Waals surface area contributed by atoms with Crippen molar-refractivity contribution in [3.05, 3.63) is 53.6 Å². The normalized spacial score (nSPS) is 15.6. The number of ether oxygens (including phenoxy) is 2. The van der Waals surface area contributed by atoms with Crippen molar-refractivity contribution >= 4 is 15.9 Å². The molecule has 0 N–H and O–H groups in total. The second-order valence-electron chi connectivity index (χ2n) is 8.54. The van der Waals surface area contributed by atoms with Crippen LogP contribution in [0.5, 0.6) is 11.5 Å². The molecule has 1 heterocycles. The van der Waals surface area contributed by atoms with Crippen molar-refractivity contribution in [3.63, 3.8) is 0 Å². The first-order chi connectivity index (χ1) is 14.6. The van der Waals surface area contributed by atoms with Gasteiger partial charge in [-0.25, -0.2) is 8.42 Å². The van der Waals surface area contributed by atoms with Gasteiger partial charge in [0.05, 0.1) is 24.7 Å². The first kappa shape index (κ1) is 23.1. The predicted octanol–water partition coefficient (Wildman–Crippen LogP) is 3.15. The van der Waals surface area contributed by atoms with Crippen molar-refractivity contribution < 1.29 is 22.7 Å². The van der Waals surface area contributed by atoms with E-state index in [1.807, 2.05) is 12.1 Å². The lowest BCUT2D eigenvalue weighted by Crippen LogP contribution is -2.50. The number of methoxy groups -OCH3 is 2. The zero-order valence-corrected chi connectivity index (χ0v) is 19.5. The fourth-order valence-electron chi connectivity index (χ4n) is 3.55. The average molecular weight is 447 g/mol. The van der Waals surface area contributed by atoms with E-state index in [2.05, 4.69) is 20.8 Å². The molecule has 0 unspecified atom stereocenters. The Kier molecular flexibility index (Phi) is 6.62. The van der Waals surface area contributed by atoms with Crippen LogP contribution in [0.4, 0.5) is 0 Å². The third kappa shape index (κ3) is 4.85. The zero-order valence-electron chi connectivity index (χ0n) is 18.7. The van der Waals surface area contributed by atoms with Gasteiger partial charge in [0.2, 0.25) is 10.0 Å². The molecule has 1 aliphatic rings. The van der Waals surface area contributed by atoms with Crippen LogP contribution in [0.3, 0.4) is 0 Å². The molecule has 168 valence electrons. The Morgan fingerprint density at radius 1 is 0.903 bits per heavy atom. The molecular formula is C23H30N2O5S. The van der Waals surface area contributed by atoms with E-state index >= 15 is 0 Å². The molecule has 2 aromatic carbocycles. The summed E-state index contributed by atoms with van der Waals surface area (Å²) in [5.74, 6) is 0.839. The van der Waals surface area contributed by atoms with E-state index in [-0.39, 0.29) is 29.3 Å². The molecule has 0 aromatic heterocycles. The molecule has 2 aromatic rings. The van der Waals surface area contributed by atoms with E-state index < -0.39 is 10.0 Å². The predicted molar refractivity (Wildman–Crippen MR) is 119 cm³/mol. The number of sulfonamides is 1. The number of carbonyl (C=O) groups excluding carboxylic acids is 1. The molecule has 0 spiro atoms. The number of piperazine rings is 1. The minimum absolute atomic E-state index is 0.0448. The largest absolute Gasteiger partial charge is 0.497 e. The van der Waals surface area contributed by atoms with Crippen LogP contribution in [-0.2, 0) is 15.4 Å². The topological polar surface area (TPSA) is 76.2 Å². The summed E-state index contributed by atoms with van der Waals surface area (Å²) in [7, 11) is -0.557. The molecular weight excluding hydrogens is 416 g/mol. The fourth-order valence-corrected chi connectivity index (χ4v) is 4.98. The number of nitrogens with zero attached hydrogens (tertiary/aromatic N) is 2. The maximum absolute atomic E-state index is 13.1. The number of rotatable bonds is 5. The third-order valence-corrected chi connectivity index (χ3v) is 7.44. The van der Waals surface area contributed by atoms with Crippen LogP contribution in [0.2, 0.25) is 0 Å². The molecule has 1 amide bonds. The average Bonchev–Trinajstić information content (AvgIpc) is 2.77. The van der Waals surface area contributed by atoms with E-state index in [1.165, 1.54) is 11.4 Å². The van der Waals surface area contributed by atoms with Gasteiger partial charge in [-0.05, 0) is 35.2 Å². The highest BCUT2D eigenvalue weighted by Crippen LogP contribution is 2.27. The Labute approximate surface area is 184 Å². The van der Waals surface area contributed by atoms with E-state index in [9.17, 15) is 13.2 Å². The maximum atomic E-state index is 13.1. The second-order valence-corrected chi connectivity index (χ2v) is 10.5. The Morgan fingerprint density at radius 2 is 1.52 bits per heavy atom. The van der Waals surface area contributed by atoms with Crippen LogP contribution in [-0.4, -0.2) is 63.9 Å². The Balaban J connectivity index is 1.71. The third-order valence-electron chi connectivity index (χ3n) is 5.52. The van der Waals surface area contributed by atoms with Crippen molar-refractivity contribution in [2.75, 3.05) is 40.4 Å². The molecule has 1 saturated heterocycles. The lowest BCUT2D eigenvalue weighted by atomic mass is 9.87. The van der Waals surface area contributed by atoms with Crippen LogP contribution in [0.1, 0.15) is 36.7 Å². The molecule has 0 aliphatic carbocycles. The zero-order chi connectivity index (χ0) is 22.8. The second kappa shape index (κ2) is 8.88. The van der Waals surface area contributed by atoms with Crippen molar-refractivity contribution in [2.45, 2.75) is 31.1 Å². The SMILES string of the molecule is COc1ccc(C(=O)N2CCN(S(=O)(=O)c3ccc(C(C)(C)C)cc3)CC2)c(OC)c1. The molecule has 31 heavy (non-hydrogen) atoms. The van der Waals surface area contributed by atoms with Crippen molar-refractivity contribution in [3.8, 4) is 11.5 Å². The van der Waals surface area contributed by atoms with E-state index in [0.29, 0.717) is 30.2 Å². The number of amides is 1. The molecule has 0 saturated carbocycles. The molecule has 7 nitrogen and oxygen atoms in total. The first-order valence-corrected chi connectivity index (χ1v) is 11.6. The Hall–Kier alpha value is -2.58. The summed E-state index contributed by atoms with van der Waals surface area (Å²) in [5.41, 5.74) is 1.46. The van der Waals surface area contributed by atoms with Gasteiger partial charge in [0.25, 0.3) is 5.91 Å². The molecule has 1 aliphatic heterocycles. The lowest BCUT2D eigenvalue weighted by Gasteiger charge is -2.34. The van der Waals surface area contributed by atoms with Gasteiger partial charge in [0.15, 0.2) is 0 Å². The van der Waals surface area contributed by atoms with Gasteiger partial charge in [-0.15, -0.1) is 0 Å². The van der Waals surface area contributed by atoms with Gasteiger partial charge in [0.1, 0.15) is 11.5 Å². The molecule has 3 rings (SSSR count). The summed E-state index contributed by atoms with van der Waals surface area (Å²) >= 11 is 0. The van der Waals surface area contributed by atoms with Crippen LogP contribution in [0.25, 0.3) is 0 Å². The summed E-state index contributed by atoms with van der Waals surface area (Å²) in [4.78, 5) is 14.9. The summed E-state index contributed by atoms with van der Waals surface area (Å²) in [6.45, 7) is 7.38. The van der Waals surface area contributed by atoms with Gasteiger partial charge in [-0.2, -0.15) is 4.31 Å². The molecule has 0 radical (unpaired) electrons. The number of hydrogen-bond donors (Lipinski definition) is 0. The number of hydrogen-bond acceptors (Lipinski definition) is 5. The van der Waals surface area contributed by atoms with Gasteiger partial charge in [-0.3, -0.25) is 4.79 Å². The van der Waals surface area contributed by atoms with Crippen LogP contribution < -0.4 is 9.47 Å².